The molecular weight excluding hydrogens is 327 g/mol. The predicted octanol–water partition coefficient (Wildman–Crippen LogP) is 2.61. The smallest absolute Gasteiger partial charge is 0.307 e. The number of rotatable bonds is 2. The van der Waals surface area contributed by atoms with Crippen LogP contribution < -0.4 is 8.75 Å². The highest BCUT2D eigenvalue weighted by Crippen LogP contribution is 2.31. The van der Waals surface area contributed by atoms with Gasteiger partial charge in [-0.2, -0.15) is 26.2 Å². The fourth-order valence-electron chi connectivity index (χ4n) is 1.31. The molecule has 1 aromatic heterocycles. The second kappa shape index (κ2) is 4.50. The van der Waals surface area contributed by atoms with Crippen molar-refractivity contribution >= 4 is 43.3 Å². The molecule has 0 aliphatic rings. The van der Waals surface area contributed by atoms with Gasteiger partial charge < -0.3 is 4.18 Å². The Morgan fingerprint density at radius 1 is 1.37 bits per heavy atom. The topological polar surface area (TPSA) is 47.2 Å². The summed E-state index contributed by atoms with van der Waals surface area (Å²) < 4.78 is 64.4. The van der Waals surface area contributed by atoms with Gasteiger partial charge in [0.25, 0.3) is 0 Å². The molecule has 2 rings (SSSR count). The molecule has 0 radical (unpaired) electrons. The molecule has 0 N–H and O–H groups in total. The average Bonchev–Trinajstić information content (AvgIpc) is 2.54. The van der Waals surface area contributed by atoms with E-state index in [-0.39, 0.29) is 0 Å². The summed E-state index contributed by atoms with van der Waals surface area (Å²) in [4.78, 5) is 0. The fourth-order valence-corrected chi connectivity index (χ4v) is 3.14. The van der Waals surface area contributed by atoms with Crippen molar-refractivity contribution in [3.8, 4) is 5.19 Å². The van der Waals surface area contributed by atoms with E-state index in [1.807, 2.05) is 0 Å². The summed E-state index contributed by atoms with van der Waals surface area (Å²) in [7, 11) is -4.29. The number of halogens is 4. The van der Waals surface area contributed by atoms with Crippen LogP contribution in [0.5, 0.6) is 5.19 Å². The standard InChI is InChI=1S/C9H6ClF3NO3S2/c1-14-6-4-5(10)2-3-7(6)18-8(14)17-19(15,16)9(11,12)13/h2-4H,1H3/q+1. The zero-order valence-corrected chi connectivity index (χ0v) is 11.6. The molecule has 0 atom stereocenters. The molecule has 104 valence electrons. The maximum Gasteiger partial charge on any atom is 0.534 e. The van der Waals surface area contributed by atoms with Crippen molar-refractivity contribution in [2.24, 2.45) is 7.05 Å². The molecule has 0 spiro atoms. The molecular formula is C9H6ClF3NO3S2+. The van der Waals surface area contributed by atoms with E-state index in [4.69, 9.17) is 11.6 Å². The minimum atomic E-state index is -5.67. The van der Waals surface area contributed by atoms with Crippen molar-refractivity contribution in [2.75, 3.05) is 0 Å². The van der Waals surface area contributed by atoms with Crippen LogP contribution >= 0.6 is 22.9 Å². The van der Waals surface area contributed by atoms with Crippen LogP contribution in [0.3, 0.4) is 0 Å². The molecule has 0 amide bonds. The Hall–Kier alpha value is -1.06. The van der Waals surface area contributed by atoms with E-state index in [0.717, 1.165) is 11.3 Å². The first-order valence-electron chi connectivity index (χ1n) is 4.70. The molecule has 0 aliphatic heterocycles. The number of hydrogen-bond donors (Lipinski definition) is 0. The number of nitrogens with zero attached hydrogens (tertiary/aromatic N) is 1. The van der Waals surface area contributed by atoms with Crippen LogP contribution in [0.15, 0.2) is 18.2 Å². The van der Waals surface area contributed by atoms with E-state index in [9.17, 15) is 21.6 Å². The van der Waals surface area contributed by atoms with Crippen LogP contribution in [0.1, 0.15) is 0 Å². The number of benzene rings is 1. The SMILES string of the molecule is C[n+]1c(OS(=O)(=O)C(F)(F)F)sc2ccc(Cl)cc21. The van der Waals surface area contributed by atoms with Gasteiger partial charge in [-0.15, -0.1) is 0 Å². The van der Waals surface area contributed by atoms with E-state index < -0.39 is 20.8 Å². The molecule has 4 nitrogen and oxygen atoms in total. The van der Waals surface area contributed by atoms with Crippen molar-refractivity contribution in [3.05, 3.63) is 23.2 Å². The van der Waals surface area contributed by atoms with E-state index in [0.29, 0.717) is 15.2 Å². The van der Waals surface area contributed by atoms with Crippen molar-refractivity contribution in [1.29, 1.82) is 0 Å². The number of aromatic nitrogens is 1. The maximum atomic E-state index is 12.2. The molecule has 0 saturated heterocycles. The third-order valence-electron chi connectivity index (χ3n) is 2.22. The highest BCUT2D eigenvalue weighted by Gasteiger charge is 2.50. The first-order valence-corrected chi connectivity index (χ1v) is 7.31. The van der Waals surface area contributed by atoms with Crippen LogP contribution in [0.2, 0.25) is 5.02 Å². The summed E-state index contributed by atoms with van der Waals surface area (Å²) in [5, 5.41) is -0.0132. The Balaban J connectivity index is 2.51. The molecule has 1 heterocycles. The lowest BCUT2D eigenvalue weighted by atomic mass is 10.3. The molecule has 10 heteroatoms. The van der Waals surface area contributed by atoms with Gasteiger partial charge >= 0.3 is 20.8 Å². The van der Waals surface area contributed by atoms with Gasteiger partial charge in [0.05, 0.1) is 0 Å². The fraction of sp³-hybridized carbons (Fsp3) is 0.222. The van der Waals surface area contributed by atoms with Crippen molar-refractivity contribution < 1.29 is 30.3 Å². The van der Waals surface area contributed by atoms with Gasteiger partial charge in [-0.1, -0.05) is 11.6 Å². The zero-order chi connectivity index (χ0) is 14.4. The van der Waals surface area contributed by atoms with E-state index >= 15 is 0 Å². The largest absolute Gasteiger partial charge is 0.534 e. The summed E-state index contributed by atoms with van der Waals surface area (Å²) in [6.45, 7) is 0. The molecule has 1 aromatic carbocycles. The van der Waals surface area contributed by atoms with Gasteiger partial charge in [0.1, 0.15) is 11.7 Å². The Labute approximate surface area is 115 Å². The van der Waals surface area contributed by atoms with Crippen LogP contribution in [-0.4, -0.2) is 13.9 Å². The monoisotopic (exact) mass is 332 g/mol. The second-order valence-corrected chi connectivity index (χ2v) is 6.49. The Kier molecular flexibility index (Phi) is 3.40. The highest BCUT2D eigenvalue weighted by atomic mass is 35.5. The lowest BCUT2D eigenvalue weighted by Crippen LogP contribution is -2.34. The lowest BCUT2D eigenvalue weighted by Gasteiger charge is -2.04. The van der Waals surface area contributed by atoms with Crippen LogP contribution in [0.25, 0.3) is 10.2 Å². The second-order valence-electron chi connectivity index (χ2n) is 3.52. The van der Waals surface area contributed by atoms with Crippen LogP contribution in [0.4, 0.5) is 13.2 Å². The van der Waals surface area contributed by atoms with Crippen LogP contribution in [0, 0.1) is 0 Å². The quantitative estimate of drug-likeness (QED) is 0.482. The number of hydrogen-bond acceptors (Lipinski definition) is 4. The molecule has 0 fully saturated rings. The van der Waals surface area contributed by atoms with Crippen molar-refractivity contribution in [1.82, 2.24) is 0 Å². The van der Waals surface area contributed by atoms with Gasteiger partial charge in [0.2, 0.25) is 5.52 Å². The van der Waals surface area contributed by atoms with Gasteiger partial charge in [0, 0.05) is 11.1 Å². The van der Waals surface area contributed by atoms with Crippen molar-refractivity contribution in [3.63, 3.8) is 0 Å². The van der Waals surface area contributed by atoms with Crippen LogP contribution in [-0.2, 0) is 17.2 Å². The Bertz CT molecular complexity index is 739. The van der Waals surface area contributed by atoms with Gasteiger partial charge in [-0.25, -0.2) is 0 Å². The van der Waals surface area contributed by atoms with E-state index in [1.54, 1.807) is 12.1 Å². The molecule has 0 aliphatic carbocycles. The molecule has 2 aromatic rings. The Morgan fingerprint density at radius 2 is 2.00 bits per heavy atom. The lowest BCUT2D eigenvalue weighted by molar-refractivity contribution is -0.643. The van der Waals surface area contributed by atoms with Gasteiger partial charge in [-0.05, 0) is 23.5 Å². The van der Waals surface area contributed by atoms with Crippen molar-refractivity contribution in [2.45, 2.75) is 5.51 Å². The summed E-state index contributed by atoms with van der Waals surface area (Å²) in [6.07, 6.45) is 0. The summed E-state index contributed by atoms with van der Waals surface area (Å²) in [5.41, 5.74) is -4.99. The summed E-state index contributed by atoms with van der Waals surface area (Å²) in [5.74, 6) is 0. The zero-order valence-electron chi connectivity index (χ0n) is 9.23. The number of fused-ring (bicyclic) bond motifs is 1. The minimum Gasteiger partial charge on any atom is -0.307 e. The van der Waals surface area contributed by atoms with E-state index in [1.165, 1.54) is 17.7 Å². The number of alkyl halides is 3. The molecule has 0 unspecified atom stereocenters. The average molecular weight is 333 g/mol. The number of thiazole rings is 1. The molecule has 0 saturated carbocycles. The summed E-state index contributed by atoms with van der Waals surface area (Å²) >= 11 is 6.54. The normalized spacial score (nSPS) is 12.9. The third-order valence-corrected chi connectivity index (χ3v) is 4.60. The first kappa shape index (κ1) is 14.4. The first-order chi connectivity index (χ1) is 8.62. The summed E-state index contributed by atoms with van der Waals surface area (Å²) in [6, 6.07) is 4.61. The van der Waals surface area contributed by atoms with Gasteiger partial charge in [0.15, 0.2) is 0 Å². The highest BCUT2D eigenvalue weighted by molar-refractivity contribution is 7.88. The Morgan fingerprint density at radius 3 is 2.58 bits per heavy atom. The maximum absolute atomic E-state index is 12.2. The third kappa shape index (κ3) is 2.63. The van der Waals surface area contributed by atoms with E-state index in [2.05, 4.69) is 4.18 Å². The van der Waals surface area contributed by atoms with Gasteiger partial charge in [-0.3, -0.25) is 0 Å². The number of aryl methyl sites for hydroxylation is 1. The molecule has 19 heavy (non-hydrogen) atoms. The molecule has 0 bridgehead atoms. The minimum absolute atomic E-state index is 0.381. The predicted molar refractivity (Wildman–Crippen MR) is 63.6 cm³/mol.